The van der Waals surface area contributed by atoms with Gasteiger partial charge in [-0.15, -0.1) is 0 Å². The van der Waals surface area contributed by atoms with Gasteiger partial charge in [-0.25, -0.2) is 9.97 Å². The van der Waals surface area contributed by atoms with Gasteiger partial charge in [0.1, 0.15) is 0 Å². The molecule has 2 aromatic rings. The Labute approximate surface area is 133 Å². The van der Waals surface area contributed by atoms with Crippen molar-refractivity contribution in [1.82, 2.24) is 14.9 Å². The maximum atomic E-state index is 11.7. The fraction of sp³-hybridized carbons (Fsp3) is 0.250. The van der Waals surface area contributed by atoms with Gasteiger partial charge in [-0.1, -0.05) is 18.2 Å². The number of nitrogens with two attached hydrogens (primary N) is 1. The summed E-state index contributed by atoms with van der Waals surface area (Å²) in [4.78, 5) is 22.4. The van der Waals surface area contributed by atoms with Crippen LogP contribution in [0.3, 0.4) is 0 Å². The van der Waals surface area contributed by atoms with Crippen LogP contribution in [0.2, 0.25) is 0 Å². The summed E-state index contributed by atoms with van der Waals surface area (Å²) in [5.74, 6) is -0.0200. The van der Waals surface area contributed by atoms with E-state index in [1.165, 1.54) is 0 Å². The van der Waals surface area contributed by atoms with Crippen molar-refractivity contribution in [3.8, 4) is 17.5 Å². The summed E-state index contributed by atoms with van der Waals surface area (Å²) in [5.41, 5.74) is 8.87. The highest BCUT2D eigenvalue weighted by Crippen LogP contribution is 2.32. The fourth-order valence-electron chi connectivity index (χ4n) is 2.69. The second-order valence-electron chi connectivity index (χ2n) is 5.22. The van der Waals surface area contributed by atoms with Gasteiger partial charge in [-0.2, -0.15) is 5.26 Å². The van der Waals surface area contributed by atoms with Gasteiger partial charge in [0.2, 0.25) is 11.9 Å². The molecule has 7 nitrogen and oxygen atoms in total. The zero-order valence-electron chi connectivity index (χ0n) is 12.7. The zero-order valence-corrected chi connectivity index (χ0v) is 12.7. The maximum absolute atomic E-state index is 11.7. The number of nitrogens with zero attached hydrogens (tertiary/aromatic N) is 4. The number of nitrogens with one attached hydrogen (secondary N) is 1. The number of hydrogen-bond donors (Lipinski definition) is 2. The third-order valence-electron chi connectivity index (χ3n) is 3.71. The highest BCUT2D eigenvalue weighted by atomic mass is 16.1. The second-order valence-corrected chi connectivity index (χ2v) is 5.22. The Bertz CT molecular complexity index is 811. The second kappa shape index (κ2) is 5.93. The number of aromatic nitrogens is 2. The highest BCUT2D eigenvalue weighted by Gasteiger charge is 2.26. The molecule has 0 radical (unpaired) electrons. The molecule has 7 heteroatoms. The molecule has 0 saturated heterocycles. The number of benzene rings is 1. The summed E-state index contributed by atoms with van der Waals surface area (Å²) < 4.78 is 0. The first kappa shape index (κ1) is 14.8. The van der Waals surface area contributed by atoms with Crippen LogP contribution in [0.5, 0.6) is 0 Å². The Morgan fingerprint density at radius 2 is 2.17 bits per heavy atom. The predicted molar refractivity (Wildman–Crippen MR) is 85.0 cm³/mol. The van der Waals surface area contributed by atoms with E-state index >= 15 is 0 Å². The van der Waals surface area contributed by atoms with Crippen LogP contribution in [0.25, 0.3) is 11.3 Å². The van der Waals surface area contributed by atoms with Gasteiger partial charge in [0.15, 0.2) is 6.19 Å². The molecule has 0 spiro atoms. The van der Waals surface area contributed by atoms with E-state index in [1.54, 1.807) is 17.0 Å². The summed E-state index contributed by atoms with van der Waals surface area (Å²) in [6.45, 7) is 3.51. The van der Waals surface area contributed by atoms with Crippen molar-refractivity contribution in [2.24, 2.45) is 5.73 Å². The van der Waals surface area contributed by atoms with Crippen molar-refractivity contribution in [3.63, 3.8) is 0 Å². The Balaban J connectivity index is 2.20. The minimum Gasteiger partial charge on any atom is -0.366 e. The van der Waals surface area contributed by atoms with Crippen LogP contribution in [0, 0.1) is 11.5 Å². The Morgan fingerprint density at radius 1 is 1.39 bits per heavy atom. The fourth-order valence-corrected chi connectivity index (χ4v) is 2.69. The SMILES string of the molecule is CCNc1nc2c(c(-c3ccccc3C(N)=O)n1)CN(C#N)C2. The van der Waals surface area contributed by atoms with Crippen molar-refractivity contribution in [2.45, 2.75) is 20.0 Å². The number of rotatable bonds is 4. The van der Waals surface area contributed by atoms with E-state index in [4.69, 9.17) is 11.0 Å². The molecule has 3 N–H and O–H groups in total. The predicted octanol–water partition coefficient (Wildman–Crippen LogP) is 1.47. The molecule has 0 unspecified atom stereocenters. The van der Waals surface area contributed by atoms with Gasteiger partial charge in [-0.05, 0) is 13.0 Å². The largest absolute Gasteiger partial charge is 0.366 e. The Morgan fingerprint density at radius 3 is 2.87 bits per heavy atom. The van der Waals surface area contributed by atoms with E-state index in [0.29, 0.717) is 42.4 Å². The standard InChI is InChI=1S/C16H16N6O/c1-2-19-16-20-13-8-22(9-17)7-12(13)14(21-16)10-5-3-4-6-11(10)15(18)23/h3-6H,2,7-8H2,1H3,(H2,18,23)(H,19,20,21). The maximum Gasteiger partial charge on any atom is 0.249 e. The van der Waals surface area contributed by atoms with Crippen molar-refractivity contribution in [2.75, 3.05) is 11.9 Å². The lowest BCUT2D eigenvalue weighted by atomic mass is 10.00. The van der Waals surface area contributed by atoms with Crippen LogP contribution in [0.15, 0.2) is 24.3 Å². The molecule has 3 rings (SSSR count). The molecule has 1 aliphatic rings. The molecule has 116 valence electrons. The number of carbonyl (C=O) groups excluding carboxylic acids is 1. The lowest BCUT2D eigenvalue weighted by molar-refractivity contribution is 0.100. The first-order valence-electron chi connectivity index (χ1n) is 7.31. The number of nitriles is 1. The number of fused-ring (bicyclic) bond motifs is 1. The minimum absolute atomic E-state index is 0.409. The molecule has 0 atom stereocenters. The molecular formula is C16H16N6O. The Hall–Kier alpha value is -3.14. The molecule has 0 aliphatic carbocycles. The van der Waals surface area contributed by atoms with E-state index < -0.39 is 5.91 Å². The number of amides is 1. The van der Waals surface area contributed by atoms with Crippen LogP contribution in [-0.4, -0.2) is 27.3 Å². The topological polar surface area (TPSA) is 108 Å². The van der Waals surface area contributed by atoms with E-state index in [2.05, 4.69) is 21.5 Å². The summed E-state index contributed by atoms with van der Waals surface area (Å²) in [6.07, 6.45) is 2.13. The number of hydrogen-bond acceptors (Lipinski definition) is 6. The van der Waals surface area contributed by atoms with E-state index in [9.17, 15) is 4.79 Å². The molecule has 0 fully saturated rings. The first-order valence-corrected chi connectivity index (χ1v) is 7.31. The van der Waals surface area contributed by atoms with Gasteiger partial charge < -0.3 is 16.0 Å². The van der Waals surface area contributed by atoms with Gasteiger partial charge in [0.25, 0.3) is 0 Å². The van der Waals surface area contributed by atoms with Crippen LogP contribution in [0.1, 0.15) is 28.5 Å². The molecule has 1 aromatic carbocycles. The van der Waals surface area contributed by atoms with Crippen LogP contribution in [0.4, 0.5) is 5.95 Å². The summed E-state index contributed by atoms with van der Waals surface area (Å²) >= 11 is 0. The molecule has 2 heterocycles. The van der Waals surface area contributed by atoms with Crippen molar-refractivity contribution >= 4 is 11.9 Å². The minimum atomic E-state index is -0.506. The highest BCUT2D eigenvalue weighted by molar-refractivity contribution is 5.99. The van der Waals surface area contributed by atoms with Crippen LogP contribution in [-0.2, 0) is 13.1 Å². The van der Waals surface area contributed by atoms with Crippen molar-refractivity contribution in [1.29, 1.82) is 5.26 Å². The quantitative estimate of drug-likeness (QED) is 0.828. The third-order valence-corrected chi connectivity index (χ3v) is 3.71. The first-order chi connectivity index (χ1) is 11.1. The van der Waals surface area contributed by atoms with Gasteiger partial charge >= 0.3 is 0 Å². The normalized spacial score (nSPS) is 12.6. The molecule has 23 heavy (non-hydrogen) atoms. The monoisotopic (exact) mass is 308 g/mol. The van der Waals surface area contributed by atoms with E-state index in [0.717, 1.165) is 11.3 Å². The molecule has 0 bridgehead atoms. The molecule has 1 aliphatic heterocycles. The van der Waals surface area contributed by atoms with Gasteiger partial charge in [-0.3, -0.25) is 4.79 Å². The number of anilines is 1. The van der Waals surface area contributed by atoms with Gasteiger partial charge in [0, 0.05) is 23.2 Å². The zero-order chi connectivity index (χ0) is 16.4. The van der Waals surface area contributed by atoms with E-state index in [1.807, 2.05) is 19.1 Å². The number of carbonyl (C=O) groups is 1. The van der Waals surface area contributed by atoms with Crippen molar-refractivity contribution < 1.29 is 4.79 Å². The average molecular weight is 308 g/mol. The summed E-state index contributed by atoms with van der Waals surface area (Å²) in [7, 11) is 0. The third kappa shape index (κ3) is 2.66. The average Bonchev–Trinajstić information content (AvgIpc) is 2.97. The van der Waals surface area contributed by atoms with Gasteiger partial charge in [0.05, 0.1) is 24.5 Å². The molecule has 1 aromatic heterocycles. The number of primary amides is 1. The molecule has 0 saturated carbocycles. The van der Waals surface area contributed by atoms with E-state index in [-0.39, 0.29) is 0 Å². The van der Waals surface area contributed by atoms with Crippen LogP contribution < -0.4 is 11.1 Å². The van der Waals surface area contributed by atoms with Crippen LogP contribution >= 0.6 is 0 Å². The molecular weight excluding hydrogens is 292 g/mol. The summed E-state index contributed by atoms with van der Waals surface area (Å²) in [5, 5.41) is 12.2. The Kier molecular flexibility index (Phi) is 3.81. The summed E-state index contributed by atoms with van der Waals surface area (Å²) in [6, 6.07) is 7.08. The smallest absolute Gasteiger partial charge is 0.249 e. The van der Waals surface area contributed by atoms with Crippen molar-refractivity contribution in [3.05, 3.63) is 41.1 Å². The molecule has 1 amide bonds. The lowest BCUT2D eigenvalue weighted by Gasteiger charge is -2.12. The lowest BCUT2D eigenvalue weighted by Crippen LogP contribution is -2.14.